The zero-order valence-corrected chi connectivity index (χ0v) is 11.3. The lowest BCUT2D eigenvalue weighted by molar-refractivity contribution is -0.147. The molecule has 1 aliphatic carbocycles. The van der Waals surface area contributed by atoms with Crippen molar-refractivity contribution in [3.05, 3.63) is 24.3 Å². The summed E-state index contributed by atoms with van der Waals surface area (Å²) in [6, 6.07) is 7.54. The molecule has 0 aliphatic heterocycles. The summed E-state index contributed by atoms with van der Waals surface area (Å²) in [5.41, 5.74) is 1.58. The maximum absolute atomic E-state index is 10.9. The van der Waals surface area contributed by atoms with Crippen LogP contribution in [0.2, 0.25) is 0 Å². The average Bonchev–Trinajstić information content (AvgIpc) is 2.81. The first-order valence-electron chi connectivity index (χ1n) is 6.78. The number of benzene rings is 1. The van der Waals surface area contributed by atoms with E-state index in [1.54, 1.807) is 4.68 Å². The predicted octanol–water partition coefficient (Wildman–Crippen LogP) is 1.51. The fourth-order valence-electron chi connectivity index (χ4n) is 2.68. The van der Waals surface area contributed by atoms with Crippen LogP contribution in [0.25, 0.3) is 11.0 Å². The van der Waals surface area contributed by atoms with Gasteiger partial charge in [-0.2, -0.15) is 0 Å². The smallest absolute Gasteiger partial charge is 0.302 e. The van der Waals surface area contributed by atoms with Crippen LogP contribution in [0, 0.1) is 11.8 Å². The highest BCUT2D eigenvalue weighted by Crippen LogP contribution is 2.41. The Hall–Kier alpha value is -1.95. The minimum Gasteiger partial charge on any atom is -0.466 e. The minimum absolute atomic E-state index is 0.0551. The number of para-hydroxylation sites is 1. The molecule has 3 rings (SSSR count). The van der Waals surface area contributed by atoms with Crippen molar-refractivity contribution >= 4 is 17.0 Å². The molecule has 106 valence electrons. The Labute approximate surface area is 116 Å². The lowest BCUT2D eigenvalue weighted by atomic mass is 9.73. The summed E-state index contributed by atoms with van der Waals surface area (Å²) in [6.07, 6.45) is 1.14. The van der Waals surface area contributed by atoms with Gasteiger partial charge in [0.15, 0.2) is 6.23 Å². The van der Waals surface area contributed by atoms with Gasteiger partial charge < -0.3 is 9.84 Å². The first kappa shape index (κ1) is 13.1. The Morgan fingerprint density at radius 1 is 1.50 bits per heavy atom. The van der Waals surface area contributed by atoms with E-state index >= 15 is 0 Å². The highest BCUT2D eigenvalue weighted by molar-refractivity contribution is 5.73. The number of aromatic nitrogens is 3. The molecule has 6 heteroatoms. The number of hydrogen-bond donors (Lipinski definition) is 1. The molecule has 1 heterocycles. The normalized spacial score (nSPS) is 23.3. The maximum Gasteiger partial charge on any atom is 0.302 e. The van der Waals surface area contributed by atoms with E-state index in [-0.39, 0.29) is 17.8 Å². The molecule has 6 nitrogen and oxygen atoms in total. The highest BCUT2D eigenvalue weighted by atomic mass is 16.5. The third kappa shape index (κ3) is 2.27. The second kappa shape index (κ2) is 5.20. The van der Waals surface area contributed by atoms with E-state index in [0.717, 1.165) is 23.9 Å². The van der Waals surface area contributed by atoms with Crippen LogP contribution in [0.15, 0.2) is 24.3 Å². The third-order valence-corrected chi connectivity index (χ3v) is 3.99. The van der Waals surface area contributed by atoms with Crippen LogP contribution >= 0.6 is 0 Å². The van der Waals surface area contributed by atoms with Crippen LogP contribution in [0.3, 0.4) is 0 Å². The Kier molecular flexibility index (Phi) is 3.40. The topological polar surface area (TPSA) is 77.2 Å². The van der Waals surface area contributed by atoms with Gasteiger partial charge in [0.2, 0.25) is 0 Å². The molecule has 20 heavy (non-hydrogen) atoms. The van der Waals surface area contributed by atoms with Crippen molar-refractivity contribution in [2.24, 2.45) is 11.8 Å². The van der Waals surface area contributed by atoms with Gasteiger partial charge in [-0.1, -0.05) is 17.3 Å². The summed E-state index contributed by atoms with van der Waals surface area (Å²) in [6.45, 7) is 1.76. The zero-order valence-electron chi connectivity index (χ0n) is 11.3. The van der Waals surface area contributed by atoms with Gasteiger partial charge in [0.25, 0.3) is 0 Å². The number of rotatable bonds is 4. The second-order valence-corrected chi connectivity index (χ2v) is 5.24. The van der Waals surface area contributed by atoms with Gasteiger partial charge in [0.05, 0.1) is 12.1 Å². The predicted molar refractivity (Wildman–Crippen MR) is 71.6 cm³/mol. The molecule has 1 N–H and O–H groups in total. The molecule has 1 aromatic carbocycles. The number of hydrogen-bond acceptors (Lipinski definition) is 5. The first-order valence-corrected chi connectivity index (χ1v) is 6.78. The number of esters is 1. The van der Waals surface area contributed by atoms with E-state index in [1.165, 1.54) is 6.92 Å². The number of aliphatic hydroxyl groups excluding tert-OH is 1. The second-order valence-electron chi connectivity index (χ2n) is 5.24. The van der Waals surface area contributed by atoms with Gasteiger partial charge in [0.1, 0.15) is 5.52 Å². The largest absolute Gasteiger partial charge is 0.466 e. The Morgan fingerprint density at radius 2 is 2.30 bits per heavy atom. The summed E-state index contributed by atoms with van der Waals surface area (Å²) in [4.78, 5) is 10.9. The van der Waals surface area contributed by atoms with E-state index in [1.807, 2.05) is 24.3 Å². The number of nitrogens with zero attached hydrogens (tertiary/aromatic N) is 3. The van der Waals surface area contributed by atoms with Gasteiger partial charge in [-0.3, -0.25) is 4.79 Å². The Bertz CT molecular complexity index is 625. The molecule has 3 atom stereocenters. The van der Waals surface area contributed by atoms with E-state index in [9.17, 15) is 9.90 Å². The summed E-state index contributed by atoms with van der Waals surface area (Å²) in [5, 5.41) is 18.6. The molecule has 0 radical (unpaired) electrons. The van der Waals surface area contributed by atoms with E-state index in [2.05, 4.69) is 10.3 Å². The summed E-state index contributed by atoms with van der Waals surface area (Å²) in [7, 11) is 0. The summed E-state index contributed by atoms with van der Waals surface area (Å²) < 4.78 is 6.59. The number of fused-ring (bicyclic) bond motifs is 1. The molecule has 1 fully saturated rings. The van der Waals surface area contributed by atoms with E-state index < -0.39 is 6.23 Å². The number of ether oxygens (including phenoxy) is 1. The Balaban J connectivity index is 1.75. The van der Waals surface area contributed by atoms with Crippen LogP contribution in [-0.4, -0.2) is 32.7 Å². The van der Waals surface area contributed by atoms with Crippen LogP contribution in [-0.2, 0) is 9.53 Å². The standard InChI is InChI=1S/C14H17N3O3/c1-9(18)20-8-10-6-7-11(10)14(19)17-13-5-3-2-4-12(13)15-16-17/h2-5,10-11,14,19H,6-8H2,1H3/t10-,11-,14?/m0/s1. The van der Waals surface area contributed by atoms with Gasteiger partial charge in [-0.05, 0) is 25.0 Å². The summed E-state index contributed by atoms with van der Waals surface area (Å²) in [5.74, 6) is -0.0346. The SMILES string of the molecule is CC(=O)OC[C@@H]1CC[C@@H]1C(O)n1nnc2ccccc21. The van der Waals surface area contributed by atoms with Crippen molar-refractivity contribution < 1.29 is 14.6 Å². The van der Waals surface area contributed by atoms with Gasteiger partial charge in [0, 0.05) is 18.8 Å². The van der Waals surface area contributed by atoms with E-state index in [4.69, 9.17) is 4.74 Å². The molecule has 0 bridgehead atoms. The molecule has 1 aliphatic rings. The molecular formula is C14H17N3O3. The molecule has 0 amide bonds. The van der Waals surface area contributed by atoms with Crippen molar-refractivity contribution in [3.63, 3.8) is 0 Å². The molecule has 2 aromatic rings. The Morgan fingerprint density at radius 3 is 3.00 bits per heavy atom. The van der Waals surface area contributed by atoms with Crippen LogP contribution in [0.1, 0.15) is 26.0 Å². The molecule has 1 unspecified atom stereocenters. The van der Waals surface area contributed by atoms with Crippen molar-refractivity contribution in [1.82, 2.24) is 15.0 Å². The molecule has 0 spiro atoms. The van der Waals surface area contributed by atoms with Crippen molar-refractivity contribution in [1.29, 1.82) is 0 Å². The monoisotopic (exact) mass is 275 g/mol. The van der Waals surface area contributed by atoms with Crippen molar-refractivity contribution in [2.75, 3.05) is 6.61 Å². The van der Waals surface area contributed by atoms with Crippen molar-refractivity contribution in [2.45, 2.75) is 26.0 Å². The minimum atomic E-state index is -0.725. The van der Waals surface area contributed by atoms with Gasteiger partial charge in [-0.25, -0.2) is 4.68 Å². The molecule has 1 aromatic heterocycles. The lowest BCUT2D eigenvalue weighted by Crippen LogP contribution is -2.37. The lowest BCUT2D eigenvalue weighted by Gasteiger charge is -2.38. The van der Waals surface area contributed by atoms with Crippen molar-refractivity contribution in [3.8, 4) is 0 Å². The van der Waals surface area contributed by atoms with E-state index in [0.29, 0.717) is 6.61 Å². The van der Waals surface area contributed by atoms with Crippen LogP contribution in [0.5, 0.6) is 0 Å². The van der Waals surface area contributed by atoms with Gasteiger partial charge >= 0.3 is 5.97 Å². The fraction of sp³-hybridized carbons (Fsp3) is 0.500. The first-order chi connectivity index (χ1) is 9.66. The average molecular weight is 275 g/mol. The molecule has 1 saturated carbocycles. The quantitative estimate of drug-likeness (QED) is 0.856. The highest BCUT2D eigenvalue weighted by Gasteiger charge is 2.38. The van der Waals surface area contributed by atoms with Crippen LogP contribution < -0.4 is 0 Å². The zero-order chi connectivity index (χ0) is 14.1. The number of carbonyl (C=O) groups excluding carboxylic acids is 1. The number of aliphatic hydroxyl groups is 1. The summed E-state index contributed by atoms with van der Waals surface area (Å²) >= 11 is 0. The fourth-order valence-corrected chi connectivity index (χ4v) is 2.68. The van der Waals surface area contributed by atoms with Crippen LogP contribution in [0.4, 0.5) is 0 Å². The molecular weight excluding hydrogens is 258 g/mol. The maximum atomic E-state index is 10.9. The molecule has 0 saturated heterocycles. The third-order valence-electron chi connectivity index (χ3n) is 3.99. The number of carbonyl (C=O) groups is 1. The van der Waals surface area contributed by atoms with Gasteiger partial charge in [-0.15, -0.1) is 5.10 Å².